The quantitative estimate of drug-likeness (QED) is 0.724. The molecule has 1 unspecified atom stereocenters. The monoisotopic (exact) mass is 396 g/mol. The van der Waals surface area contributed by atoms with Crippen LogP contribution in [0, 0.1) is 0 Å². The van der Waals surface area contributed by atoms with Crippen LogP contribution in [0.1, 0.15) is 49.1 Å². The average molecular weight is 396 g/mol. The predicted octanol–water partition coefficient (Wildman–Crippen LogP) is 3.40. The summed E-state index contributed by atoms with van der Waals surface area (Å²) in [6, 6.07) is 9.13. The Morgan fingerprint density at radius 1 is 1.10 bits per heavy atom. The summed E-state index contributed by atoms with van der Waals surface area (Å²) in [6.45, 7) is 0. The molecule has 1 atom stereocenters. The van der Waals surface area contributed by atoms with Crippen LogP contribution in [0.15, 0.2) is 47.1 Å². The van der Waals surface area contributed by atoms with Crippen molar-refractivity contribution >= 4 is 23.4 Å². The second-order valence-corrected chi connectivity index (χ2v) is 7.47. The number of nitrogens with zero attached hydrogens (tertiary/aromatic N) is 2. The summed E-state index contributed by atoms with van der Waals surface area (Å²) in [6.07, 6.45) is 6.20. The van der Waals surface area contributed by atoms with Gasteiger partial charge in [-0.05, 0) is 49.2 Å². The van der Waals surface area contributed by atoms with E-state index in [1.54, 1.807) is 48.4 Å². The minimum absolute atomic E-state index is 0.0200. The number of anilines is 1. The second-order valence-electron chi connectivity index (χ2n) is 7.47. The third-order valence-corrected chi connectivity index (χ3v) is 5.72. The number of methoxy groups -OCH3 is 1. The third-order valence-electron chi connectivity index (χ3n) is 5.72. The molecule has 0 spiro atoms. The lowest BCUT2D eigenvalue weighted by molar-refractivity contribution is -0.123. The molecular weight excluding hydrogens is 372 g/mol. The number of rotatable bonds is 5. The highest BCUT2D eigenvalue weighted by atomic mass is 16.5. The van der Waals surface area contributed by atoms with E-state index >= 15 is 0 Å². The number of carbonyl (C=O) groups excluding carboxylic acids is 3. The fourth-order valence-electron chi connectivity index (χ4n) is 4.28. The highest BCUT2D eigenvalue weighted by Gasteiger charge is 2.47. The molecule has 2 aliphatic rings. The topological polar surface area (TPSA) is 80.1 Å². The average Bonchev–Trinajstić information content (AvgIpc) is 3.38. The molecule has 1 aliphatic carbocycles. The van der Waals surface area contributed by atoms with Gasteiger partial charge in [-0.15, -0.1) is 0 Å². The molecule has 2 aromatic rings. The van der Waals surface area contributed by atoms with Crippen molar-refractivity contribution < 1.29 is 23.5 Å². The molecule has 29 heavy (non-hydrogen) atoms. The molecular formula is C22H24N2O5. The van der Waals surface area contributed by atoms with Crippen LogP contribution in [0.5, 0.6) is 5.75 Å². The van der Waals surface area contributed by atoms with E-state index in [0.29, 0.717) is 11.4 Å². The molecule has 152 valence electrons. The summed E-state index contributed by atoms with van der Waals surface area (Å²) < 4.78 is 10.5. The molecule has 1 saturated carbocycles. The Kier molecular flexibility index (Phi) is 5.38. The normalized spacial score (nSPS) is 20.2. The number of amides is 3. The highest BCUT2D eigenvalue weighted by Crippen LogP contribution is 2.32. The molecule has 0 N–H and O–H groups in total. The molecule has 7 heteroatoms. The van der Waals surface area contributed by atoms with Crippen molar-refractivity contribution in [3.63, 3.8) is 0 Å². The zero-order valence-corrected chi connectivity index (χ0v) is 16.4. The van der Waals surface area contributed by atoms with E-state index < -0.39 is 6.04 Å². The molecule has 4 rings (SSSR count). The summed E-state index contributed by atoms with van der Waals surface area (Å²) in [5.74, 6) is -0.173. The predicted molar refractivity (Wildman–Crippen MR) is 106 cm³/mol. The minimum Gasteiger partial charge on any atom is -0.497 e. The van der Waals surface area contributed by atoms with E-state index in [0.717, 1.165) is 32.1 Å². The van der Waals surface area contributed by atoms with Gasteiger partial charge in [-0.1, -0.05) is 19.3 Å². The zero-order valence-electron chi connectivity index (χ0n) is 16.4. The summed E-state index contributed by atoms with van der Waals surface area (Å²) in [5.41, 5.74) is 0.484. The molecule has 1 saturated heterocycles. The van der Waals surface area contributed by atoms with E-state index in [4.69, 9.17) is 9.15 Å². The molecule has 0 radical (unpaired) electrons. The van der Waals surface area contributed by atoms with E-state index in [-0.39, 0.29) is 35.9 Å². The van der Waals surface area contributed by atoms with Crippen molar-refractivity contribution in [1.82, 2.24) is 4.90 Å². The van der Waals surface area contributed by atoms with Gasteiger partial charge in [0, 0.05) is 6.04 Å². The molecule has 2 heterocycles. The van der Waals surface area contributed by atoms with Crippen molar-refractivity contribution in [2.45, 2.75) is 50.6 Å². The first-order chi connectivity index (χ1) is 14.1. The van der Waals surface area contributed by atoms with Crippen LogP contribution in [0.25, 0.3) is 0 Å². The largest absolute Gasteiger partial charge is 0.497 e. The SMILES string of the molecule is COc1ccc(N2C(=O)CC(N(C(=O)c3ccco3)C3CCCCC3)C2=O)cc1. The summed E-state index contributed by atoms with van der Waals surface area (Å²) in [7, 11) is 1.56. The van der Waals surface area contributed by atoms with Gasteiger partial charge in [-0.3, -0.25) is 14.4 Å². The Morgan fingerprint density at radius 3 is 2.45 bits per heavy atom. The number of furan rings is 1. The fourth-order valence-corrected chi connectivity index (χ4v) is 4.28. The second kappa shape index (κ2) is 8.11. The van der Waals surface area contributed by atoms with Gasteiger partial charge in [0.25, 0.3) is 11.8 Å². The number of carbonyl (C=O) groups is 3. The molecule has 1 aliphatic heterocycles. The van der Waals surface area contributed by atoms with Crippen LogP contribution in [0.3, 0.4) is 0 Å². The molecule has 1 aromatic carbocycles. The van der Waals surface area contributed by atoms with Crippen molar-refractivity contribution in [1.29, 1.82) is 0 Å². The number of hydrogen-bond acceptors (Lipinski definition) is 5. The van der Waals surface area contributed by atoms with Crippen molar-refractivity contribution in [3.8, 4) is 5.75 Å². The van der Waals surface area contributed by atoms with Gasteiger partial charge in [-0.2, -0.15) is 0 Å². The number of imide groups is 1. The minimum atomic E-state index is -0.815. The van der Waals surface area contributed by atoms with Gasteiger partial charge in [0.2, 0.25) is 5.91 Å². The van der Waals surface area contributed by atoms with Crippen molar-refractivity contribution in [2.24, 2.45) is 0 Å². The van der Waals surface area contributed by atoms with Crippen LogP contribution in [-0.2, 0) is 9.59 Å². The molecule has 3 amide bonds. The van der Waals surface area contributed by atoms with Crippen molar-refractivity contribution in [2.75, 3.05) is 12.0 Å². The van der Waals surface area contributed by atoms with Crippen LogP contribution in [-0.4, -0.2) is 41.8 Å². The van der Waals surface area contributed by atoms with Crippen molar-refractivity contribution in [3.05, 3.63) is 48.4 Å². The standard InChI is InChI=1S/C22H24N2O5/c1-28-17-11-9-16(10-12-17)24-20(25)14-18(21(24)26)23(15-6-3-2-4-7-15)22(27)19-8-5-13-29-19/h5,8-13,15,18H,2-4,6-7,14H2,1H3. The Balaban J connectivity index is 1.64. The summed E-state index contributed by atoms with van der Waals surface area (Å²) in [5, 5.41) is 0. The first-order valence-electron chi connectivity index (χ1n) is 9.97. The molecule has 0 bridgehead atoms. The molecule has 2 fully saturated rings. The van der Waals surface area contributed by atoms with Gasteiger partial charge < -0.3 is 14.1 Å². The first-order valence-corrected chi connectivity index (χ1v) is 9.97. The summed E-state index contributed by atoms with van der Waals surface area (Å²) >= 11 is 0. The summed E-state index contributed by atoms with van der Waals surface area (Å²) in [4.78, 5) is 42.0. The van der Waals surface area contributed by atoms with Gasteiger partial charge in [0.1, 0.15) is 11.8 Å². The fraction of sp³-hybridized carbons (Fsp3) is 0.409. The maximum absolute atomic E-state index is 13.3. The van der Waals surface area contributed by atoms with E-state index in [1.807, 2.05) is 0 Å². The van der Waals surface area contributed by atoms with Crippen LogP contribution in [0.4, 0.5) is 5.69 Å². The Morgan fingerprint density at radius 2 is 1.83 bits per heavy atom. The number of benzene rings is 1. The lowest BCUT2D eigenvalue weighted by Crippen LogP contribution is -2.51. The van der Waals surface area contributed by atoms with Crippen LogP contribution < -0.4 is 9.64 Å². The lowest BCUT2D eigenvalue weighted by atomic mass is 9.92. The van der Waals surface area contributed by atoms with Gasteiger partial charge >= 0.3 is 0 Å². The molecule has 1 aromatic heterocycles. The van der Waals surface area contributed by atoms with Crippen LogP contribution >= 0.6 is 0 Å². The van der Waals surface area contributed by atoms with Gasteiger partial charge in [0.15, 0.2) is 5.76 Å². The van der Waals surface area contributed by atoms with Crippen LogP contribution in [0.2, 0.25) is 0 Å². The third kappa shape index (κ3) is 3.64. The maximum atomic E-state index is 13.3. The smallest absolute Gasteiger partial charge is 0.290 e. The Bertz CT molecular complexity index is 884. The molecule has 7 nitrogen and oxygen atoms in total. The lowest BCUT2D eigenvalue weighted by Gasteiger charge is -2.36. The zero-order chi connectivity index (χ0) is 20.4. The number of ether oxygens (including phenoxy) is 1. The first kappa shape index (κ1) is 19.2. The number of hydrogen-bond donors (Lipinski definition) is 0. The Labute approximate surface area is 169 Å². The van der Waals surface area contributed by atoms with E-state index in [9.17, 15) is 14.4 Å². The van der Waals surface area contributed by atoms with Gasteiger partial charge in [0.05, 0.1) is 25.5 Å². The van der Waals surface area contributed by atoms with E-state index in [2.05, 4.69) is 0 Å². The van der Waals surface area contributed by atoms with E-state index in [1.165, 1.54) is 11.2 Å². The van der Waals surface area contributed by atoms with Gasteiger partial charge in [-0.25, -0.2) is 4.90 Å². The highest BCUT2D eigenvalue weighted by molar-refractivity contribution is 6.23. The maximum Gasteiger partial charge on any atom is 0.290 e. The Hall–Kier alpha value is -3.09.